The molecule has 1 aliphatic heterocycles. The zero-order chi connectivity index (χ0) is 15.1. The van der Waals surface area contributed by atoms with Crippen molar-refractivity contribution in [2.75, 3.05) is 38.3 Å². The Morgan fingerprint density at radius 3 is 2.76 bits per heavy atom. The van der Waals surface area contributed by atoms with Crippen molar-refractivity contribution in [3.63, 3.8) is 0 Å². The van der Waals surface area contributed by atoms with Crippen LogP contribution in [0, 0.1) is 5.92 Å². The first kappa shape index (κ1) is 16.3. The van der Waals surface area contributed by atoms with Crippen LogP contribution >= 0.6 is 0 Å². The number of rotatable bonds is 7. The van der Waals surface area contributed by atoms with E-state index in [0.29, 0.717) is 12.0 Å². The molecule has 2 atom stereocenters. The Morgan fingerprint density at radius 2 is 2.10 bits per heavy atom. The van der Waals surface area contributed by atoms with Gasteiger partial charge < -0.3 is 15.0 Å². The van der Waals surface area contributed by atoms with E-state index in [1.807, 2.05) is 0 Å². The summed E-state index contributed by atoms with van der Waals surface area (Å²) in [6.45, 7) is 8.69. The van der Waals surface area contributed by atoms with Crippen LogP contribution in [0.4, 0.5) is 5.69 Å². The number of anilines is 1. The predicted molar refractivity (Wildman–Crippen MR) is 90.0 cm³/mol. The molecule has 0 spiro atoms. The van der Waals surface area contributed by atoms with Gasteiger partial charge in [-0.3, -0.25) is 0 Å². The summed E-state index contributed by atoms with van der Waals surface area (Å²) in [5.41, 5.74) is 2.72. The summed E-state index contributed by atoms with van der Waals surface area (Å²) in [5, 5.41) is 3.54. The van der Waals surface area contributed by atoms with E-state index >= 15 is 0 Å². The van der Waals surface area contributed by atoms with Crippen molar-refractivity contribution >= 4 is 5.69 Å². The van der Waals surface area contributed by atoms with Crippen molar-refractivity contribution in [2.24, 2.45) is 5.92 Å². The van der Waals surface area contributed by atoms with Crippen molar-refractivity contribution in [3.8, 4) is 0 Å². The topological polar surface area (TPSA) is 24.5 Å². The number of methoxy groups -OCH3 is 1. The largest absolute Gasteiger partial charge is 0.384 e. The summed E-state index contributed by atoms with van der Waals surface area (Å²) in [7, 11) is 1.80. The van der Waals surface area contributed by atoms with Crippen LogP contribution in [0.5, 0.6) is 0 Å². The smallest absolute Gasteiger partial charge is 0.0507 e. The molecule has 21 heavy (non-hydrogen) atoms. The van der Waals surface area contributed by atoms with Gasteiger partial charge in [-0.2, -0.15) is 0 Å². The molecule has 3 heteroatoms. The normalized spacial score (nSPS) is 20.5. The molecular weight excluding hydrogens is 260 g/mol. The number of nitrogens with zero attached hydrogens (tertiary/aromatic N) is 1. The highest BCUT2D eigenvalue weighted by Crippen LogP contribution is 2.25. The van der Waals surface area contributed by atoms with E-state index in [-0.39, 0.29) is 0 Å². The van der Waals surface area contributed by atoms with E-state index < -0.39 is 0 Å². The van der Waals surface area contributed by atoms with Crippen LogP contribution in [0.15, 0.2) is 24.3 Å². The second-order valence-electron chi connectivity index (χ2n) is 6.18. The summed E-state index contributed by atoms with van der Waals surface area (Å²) >= 11 is 0. The summed E-state index contributed by atoms with van der Waals surface area (Å²) in [4.78, 5) is 2.50. The third kappa shape index (κ3) is 4.72. The molecule has 0 bridgehead atoms. The Bertz CT molecular complexity index is 402. The van der Waals surface area contributed by atoms with Crippen molar-refractivity contribution in [1.29, 1.82) is 0 Å². The highest BCUT2D eigenvalue weighted by molar-refractivity contribution is 5.48. The Morgan fingerprint density at radius 1 is 1.33 bits per heavy atom. The molecule has 1 fully saturated rings. The van der Waals surface area contributed by atoms with Crippen LogP contribution in [0.2, 0.25) is 0 Å². The summed E-state index contributed by atoms with van der Waals surface area (Å²) in [6, 6.07) is 9.51. The van der Waals surface area contributed by atoms with Crippen molar-refractivity contribution < 1.29 is 4.74 Å². The van der Waals surface area contributed by atoms with E-state index in [0.717, 1.165) is 19.7 Å². The number of nitrogens with one attached hydrogen (secondary N) is 1. The highest BCUT2D eigenvalue weighted by Gasteiger charge is 2.20. The lowest BCUT2D eigenvalue weighted by Gasteiger charge is -2.34. The third-order valence-corrected chi connectivity index (χ3v) is 4.38. The first-order valence-corrected chi connectivity index (χ1v) is 8.31. The maximum Gasteiger partial charge on any atom is 0.0507 e. The van der Waals surface area contributed by atoms with E-state index in [4.69, 9.17) is 4.74 Å². The number of piperidine rings is 1. The number of benzene rings is 1. The molecule has 0 radical (unpaired) electrons. The van der Waals surface area contributed by atoms with E-state index in [2.05, 4.69) is 48.3 Å². The Balaban J connectivity index is 1.94. The molecule has 1 aromatic rings. The minimum absolute atomic E-state index is 0.432. The van der Waals surface area contributed by atoms with Gasteiger partial charge in [-0.1, -0.05) is 19.1 Å². The summed E-state index contributed by atoms with van der Waals surface area (Å²) in [5.74, 6) is 0.675. The lowest BCUT2D eigenvalue weighted by Crippen LogP contribution is -2.37. The molecule has 2 rings (SSSR count). The Kier molecular flexibility index (Phi) is 6.52. The Labute approximate surface area is 129 Å². The SMILES string of the molecule is CCCNC(C)c1ccc(N2CCCC(COC)C2)cc1. The molecular formula is C18H30N2O. The van der Waals surface area contributed by atoms with Crippen LogP contribution in [-0.2, 0) is 4.74 Å². The number of hydrogen-bond donors (Lipinski definition) is 1. The van der Waals surface area contributed by atoms with Gasteiger partial charge in [0, 0.05) is 31.9 Å². The molecule has 1 heterocycles. The minimum Gasteiger partial charge on any atom is -0.384 e. The number of hydrogen-bond acceptors (Lipinski definition) is 3. The molecule has 3 nitrogen and oxygen atoms in total. The van der Waals surface area contributed by atoms with Gasteiger partial charge in [0.25, 0.3) is 0 Å². The van der Waals surface area contributed by atoms with E-state index in [9.17, 15) is 0 Å². The molecule has 118 valence electrons. The van der Waals surface area contributed by atoms with Gasteiger partial charge in [-0.15, -0.1) is 0 Å². The van der Waals surface area contributed by atoms with Crippen LogP contribution in [0.1, 0.15) is 44.7 Å². The molecule has 1 saturated heterocycles. The second-order valence-corrected chi connectivity index (χ2v) is 6.18. The van der Waals surface area contributed by atoms with Gasteiger partial charge in [0.1, 0.15) is 0 Å². The molecule has 0 aromatic heterocycles. The molecule has 1 aromatic carbocycles. The highest BCUT2D eigenvalue weighted by atomic mass is 16.5. The van der Waals surface area contributed by atoms with Crippen LogP contribution in [0.25, 0.3) is 0 Å². The zero-order valence-corrected chi connectivity index (χ0v) is 13.8. The first-order chi connectivity index (χ1) is 10.2. The van der Waals surface area contributed by atoms with Gasteiger partial charge in [-0.05, 0) is 56.3 Å². The fraction of sp³-hybridized carbons (Fsp3) is 0.667. The van der Waals surface area contributed by atoms with Crippen molar-refractivity contribution in [2.45, 2.75) is 39.2 Å². The maximum absolute atomic E-state index is 5.32. The van der Waals surface area contributed by atoms with Crippen molar-refractivity contribution in [1.82, 2.24) is 5.32 Å². The molecule has 1 N–H and O–H groups in total. The predicted octanol–water partition coefficient (Wildman–Crippen LogP) is 3.61. The second kappa shape index (κ2) is 8.40. The molecule has 2 unspecified atom stereocenters. The summed E-state index contributed by atoms with van der Waals surface area (Å²) < 4.78 is 5.32. The Hall–Kier alpha value is -1.06. The standard InChI is InChI=1S/C18H30N2O/c1-4-11-19-15(2)17-7-9-18(10-8-17)20-12-5-6-16(13-20)14-21-3/h7-10,15-16,19H,4-6,11-14H2,1-3H3. The third-order valence-electron chi connectivity index (χ3n) is 4.38. The quantitative estimate of drug-likeness (QED) is 0.830. The van der Waals surface area contributed by atoms with Gasteiger partial charge in [0.05, 0.1) is 6.61 Å². The average Bonchev–Trinajstić information content (AvgIpc) is 2.53. The van der Waals surface area contributed by atoms with Gasteiger partial charge in [0.15, 0.2) is 0 Å². The van der Waals surface area contributed by atoms with E-state index in [1.54, 1.807) is 7.11 Å². The average molecular weight is 290 g/mol. The monoisotopic (exact) mass is 290 g/mol. The van der Waals surface area contributed by atoms with E-state index in [1.165, 1.54) is 37.1 Å². The molecule has 0 saturated carbocycles. The minimum atomic E-state index is 0.432. The zero-order valence-electron chi connectivity index (χ0n) is 13.8. The number of ether oxygens (including phenoxy) is 1. The first-order valence-electron chi connectivity index (χ1n) is 8.31. The lowest BCUT2D eigenvalue weighted by molar-refractivity contribution is 0.143. The van der Waals surface area contributed by atoms with Gasteiger partial charge in [-0.25, -0.2) is 0 Å². The van der Waals surface area contributed by atoms with Crippen LogP contribution in [0.3, 0.4) is 0 Å². The summed E-state index contributed by atoms with van der Waals surface area (Å²) in [6.07, 6.45) is 3.74. The molecule has 0 amide bonds. The lowest BCUT2D eigenvalue weighted by atomic mass is 9.98. The maximum atomic E-state index is 5.32. The van der Waals surface area contributed by atoms with Gasteiger partial charge >= 0.3 is 0 Å². The molecule has 1 aliphatic rings. The van der Waals surface area contributed by atoms with Gasteiger partial charge in [0.2, 0.25) is 0 Å². The van der Waals surface area contributed by atoms with Crippen LogP contribution < -0.4 is 10.2 Å². The van der Waals surface area contributed by atoms with Crippen molar-refractivity contribution in [3.05, 3.63) is 29.8 Å². The fourth-order valence-electron chi connectivity index (χ4n) is 3.12. The fourth-order valence-corrected chi connectivity index (χ4v) is 3.12. The van der Waals surface area contributed by atoms with Crippen LogP contribution in [-0.4, -0.2) is 33.4 Å². The molecule has 0 aliphatic carbocycles.